The Balaban J connectivity index is 1.06. The second kappa shape index (κ2) is 13.8. The third kappa shape index (κ3) is 6.52. The molecule has 0 aromatic heterocycles. The predicted molar refractivity (Wildman–Crippen MR) is 188 cm³/mol. The Morgan fingerprint density at radius 2 is 1.59 bits per heavy atom. The molecular formula is C42H58N2O2. The van der Waals surface area contributed by atoms with Crippen LogP contribution in [0.3, 0.4) is 0 Å². The van der Waals surface area contributed by atoms with Crippen LogP contribution in [0.25, 0.3) is 0 Å². The lowest BCUT2D eigenvalue weighted by Crippen LogP contribution is -2.51. The predicted octanol–water partition coefficient (Wildman–Crippen LogP) is 12.3. The number of fused-ring (bicyclic) bond motifs is 5. The van der Waals surface area contributed by atoms with Gasteiger partial charge in [0.1, 0.15) is 6.10 Å². The van der Waals surface area contributed by atoms with Gasteiger partial charge in [0.05, 0.1) is 16.9 Å². The number of esters is 1. The van der Waals surface area contributed by atoms with Gasteiger partial charge in [0.25, 0.3) is 0 Å². The van der Waals surface area contributed by atoms with Crippen molar-refractivity contribution in [2.45, 2.75) is 118 Å². The summed E-state index contributed by atoms with van der Waals surface area (Å²) in [6, 6.07) is 17.0. The summed E-state index contributed by atoms with van der Waals surface area (Å²) in [7, 11) is 0. The summed E-state index contributed by atoms with van der Waals surface area (Å²) in [6.07, 6.45) is 16.5. The molecule has 0 spiro atoms. The maximum absolute atomic E-state index is 13.2. The second-order valence-corrected chi connectivity index (χ2v) is 16.3. The molecule has 0 amide bonds. The fourth-order valence-electron chi connectivity index (χ4n) is 10.9. The minimum absolute atomic E-state index is 0.0378. The van der Waals surface area contributed by atoms with Crippen LogP contribution in [0.4, 0.5) is 11.4 Å². The van der Waals surface area contributed by atoms with E-state index in [-0.39, 0.29) is 17.5 Å². The molecule has 0 bridgehead atoms. The summed E-state index contributed by atoms with van der Waals surface area (Å²) in [4.78, 5) is 13.2. The highest BCUT2D eigenvalue weighted by Gasteiger charge is 2.59. The van der Waals surface area contributed by atoms with E-state index in [0.29, 0.717) is 11.0 Å². The van der Waals surface area contributed by atoms with E-state index in [1.165, 1.54) is 51.4 Å². The van der Waals surface area contributed by atoms with E-state index >= 15 is 0 Å². The van der Waals surface area contributed by atoms with E-state index in [4.69, 9.17) is 4.74 Å². The normalized spacial score (nSPS) is 33.5. The van der Waals surface area contributed by atoms with Crippen LogP contribution in [0, 0.1) is 52.3 Å². The molecule has 46 heavy (non-hydrogen) atoms. The van der Waals surface area contributed by atoms with Gasteiger partial charge in [-0.05, 0) is 140 Å². The molecule has 0 saturated heterocycles. The van der Waals surface area contributed by atoms with Crippen molar-refractivity contribution in [2.24, 2.45) is 62.5 Å². The molecule has 4 heteroatoms. The average Bonchev–Trinajstić information content (AvgIpc) is 3.42. The fraction of sp³-hybridized carbons (Fsp3) is 0.643. The number of benzene rings is 2. The van der Waals surface area contributed by atoms with Crippen LogP contribution >= 0.6 is 0 Å². The Kier molecular flexibility index (Phi) is 9.93. The molecule has 248 valence electrons. The molecule has 3 fully saturated rings. The van der Waals surface area contributed by atoms with Crippen LogP contribution < -0.4 is 0 Å². The molecule has 0 aliphatic heterocycles. The zero-order valence-corrected chi connectivity index (χ0v) is 29.4. The number of hydrogen-bond donors (Lipinski definition) is 0. The number of hydrogen-bond acceptors (Lipinski definition) is 4. The van der Waals surface area contributed by atoms with Gasteiger partial charge in [-0.2, -0.15) is 10.2 Å². The van der Waals surface area contributed by atoms with Crippen molar-refractivity contribution in [3.05, 3.63) is 71.8 Å². The lowest BCUT2D eigenvalue weighted by atomic mass is 9.47. The summed E-state index contributed by atoms with van der Waals surface area (Å²) < 4.78 is 6.13. The van der Waals surface area contributed by atoms with E-state index in [2.05, 4.69) is 57.8 Å². The maximum atomic E-state index is 13.2. The van der Waals surface area contributed by atoms with E-state index in [9.17, 15) is 4.79 Å². The van der Waals surface area contributed by atoms with Crippen LogP contribution in [-0.4, -0.2) is 12.1 Å². The number of rotatable bonds is 10. The van der Waals surface area contributed by atoms with Gasteiger partial charge >= 0.3 is 5.97 Å². The molecule has 4 aliphatic carbocycles. The van der Waals surface area contributed by atoms with E-state index < -0.39 is 0 Å². The van der Waals surface area contributed by atoms with E-state index in [1.807, 2.05) is 42.5 Å². The van der Waals surface area contributed by atoms with Gasteiger partial charge < -0.3 is 4.74 Å². The highest BCUT2D eigenvalue weighted by molar-refractivity contribution is 5.89. The Morgan fingerprint density at radius 3 is 2.28 bits per heavy atom. The minimum atomic E-state index is -0.229. The van der Waals surface area contributed by atoms with Crippen LogP contribution in [0.15, 0.2) is 76.5 Å². The first-order valence-corrected chi connectivity index (χ1v) is 18.6. The van der Waals surface area contributed by atoms with Gasteiger partial charge in [0, 0.05) is 6.42 Å². The maximum Gasteiger partial charge on any atom is 0.338 e. The molecule has 2 aromatic carbocycles. The molecule has 6 rings (SSSR count). The number of nitrogens with zero attached hydrogens (tertiary/aromatic N) is 2. The van der Waals surface area contributed by atoms with Gasteiger partial charge in [-0.3, -0.25) is 0 Å². The summed E-state index contributed by atoms with van der Waals surface area (Å²) in [5.41, 5.74) is 4.44. The zero-order chi connectivity index (χ0) is 32.5. The number of carbonyl (C=O) groups is 1. The molecule has 3 saturated carbocycles. The van der Waals surface area contributed by atoms with Crippen LogP contribution in [0.5, 0.6) is 0 Å². The standard InChI is InChI=1S/C42H58N2O2/c1-7-30(28(2)3)14-13-29(4)37-21-22-38-36-20-17-32-27-35(23-25-41(32,5)39(36)24-26-42(37,38)6)46-40(45)31-15-18-34(19-16-31)44-43-33-11-9-8-10-12-33/h8-12,15-19,28-30,35-39H,7,13-14,20-27H2,1-6H3/t29-,30-,35?,36+,37?,38+,39+,41+,42-/m1/s1. The largest absolute Gasteiger partial charge is 0.458 e. The molecule has 0 radical (unpaired) electrons. The molecule has 2 unspecified atom stereocenters. The number of allylic oxidation sites excluding steroid dienone is 1. The highest BCUT2D eigenvalue weighted by Crippen LogP contribution is 2.67. The quantitative estimate of drug-likeness (QED) is 0.150. The summed E-state index contributed by atoms with van der Waals surface area (Å²) >= 11 is 0. The third-order valence-electron chi connectivity index (χ3n) is 13.7. The van der Waals surface area contributed by atoms with Crippen molar-refractivity contribution in [3.63, 3.8) is 0 Å². The first kappa shape index (κ1) is 33.2. The Morgan fingerprint density at radius 1 is 0.870 bits per heavy atom. The molecule has 2 aromatic rings. The van der Waals surface area contributed by atoms with Gasteiger partial charge in [0.15, 0.2) is 0 Å². The van der Waals surface area contributed by atoms with E-state index in [1.54, 1.807) is 17.7 Å². The topological polar surface area (TPSA) is 51.0 Å². The van der Waals surface area contributed by atoms with Crippen molar-refractivity contribution in [1.82, 2.24) is 0 Å². The second-order valence-electron chi connectivity index (χ2n) is 16.3. The van der Waals surface area contributed by atoms with Gasteiger partial charge in [-0.15, -0.1) is 0 Å². The Bertz CT molecular complexity index is 1400. The molecule has 4 nitrogen and oxygen atoms in total. The molecule has 9 atom stereocenters. The fourth-order valence-corrected chi connectivity index (χ4v) is 10.9. The minimum Gasteiger partial charge on any atom is -0.458 e. The van der Waals surface area contributed by atoms with Crippen molar-refractivity contribution >= 4 is 17.3 Å². The first-order chi connectivity index (χ1) is 22.1. The molecular weight excluding hydrogens is 564 g/mol. The number of carbonyl (C=O) groups excluding carboxylic acids is 1. The van der Waals surface area contributed by atoms with Crippen molar-refractivity contribution in [3.8, 4) is 0 Å². The third-order valence-corrected chi connectivity index (χ3v) is 13.7. The van der Waals surface area contributed by atoms with Gasteiger partial charge in [0.2, 0.25) is 0 Å². The Labute approximate surface area is 278 Å². The summed E-state index contributed by atoms with van der Waals surface area (Å²) in [5.74, 6) is 5.64. The highest BCUT2D eigenvalue weighted by atomic mass is 16.5. The smallest absolute Gasteiger partial charge is 0.338 e. The van der Waals surface area contributed by atoms with Crippen LogP contribution in [0.1, 0.15) is 123 Å². The van der Waals surface area contributed by atoms with Crippen LogP contribution in [0.2, 0.25) is 0 Å². The Hall–Kier alpha value is -2.75. The summed E-state index contributed by atoms with van der Waals surface area (Å²) in [5, 5.41) is 8.58. The lowest BCUT2D eigenvalue weighted by molar-refractivity contribution is -0.0596. The molecule has 0 heterocycles. The lowest BCUT2D eigenvalue weighted by Gasteiger charge is -2.58. The van der Waals surface area contributed by atoms with Gasteiger partial charge in [-0.1, -0.05) is 84.2 Å². The van der Waals surface area contributed by atoms with Crippen molar-refractivity contribution in [1.29, 1.82) is 0 Å². The van der Waals surface area contributed by atoms with Gasteiger partial charge in [-0.25, -0.2) is 4.79 Å². The van der Waals surface area contributed by atoms with Crippen molar-refractivity contribution in [2.75, 3.05) is 0 Å². The average molecular weight is 623 g/mol. The van der Waals surface area contributed by atoms with Crippen molar-refractivity contribution < 1.29 is 9.53 Å². The first-order valence-electron chi connectivity index (χ1n) is 18.6. The SMILES string of the molecule is CC[C@H](CC[C@@H](C)C1CC[C@H]2[C@@H]3CC=C4CC(OC(=O)c5ccc(N=Nc6ccccc6)cc5)CC[C@]4(C)[C@H]3CC[C@]12C)C(C)C. The number of ether oxygens (including phenoxy) is 1. The molecule has 0 N–H and O–H groups in total. The molecule has 4 aliphatic rings. The van der Waals surface area contributed by atoms with E-state index in [0.717, 1.165) is 72.1 Å². The monoisotopic (exact) mass is 622 g/mol. The zero-order valence-electron chi connectivity index (χ0n) is 29.4. The number of azo groups is 1. The summed E-state index contributed by atoms with van der Waals surface area (Å²) in [6.45, 7) is 15.1. The van der Waals surface area contributed by atoms with Crippen LogP contribution in [-0.2, 0) is 4.74 Å².